The van der Waals surface area contributed by atoms with Crippen LogP contribution in [-0.2, 0) is 4.79 Å². The molecule has 0 spiro atoms. The predicted octanol–water partition coefficient (Wildman–Crippen LogP) is -0.482. The van der Waals surface area contributed by atoms with Crippen molar-refractivity contribution in [3.63, 3.8) is 0 Å². The molecular formula is C10H17LiO. The van der Waals surface area contributed by atoms with Crippen LogP contribution in [0.15, 0.2) is 0 Å². The fraction of sp³-hybridized carbons (Fsp3) is 0.900. The van der Waals surface area contributed by atoms with Crippen LogP contribution in [0.4, 0.5) is 0 Å². The molecule has 2 fully saturated rings. The Hall–Kier alpha value is 0.267. The van der Waals surface area contributed by atoms with Gasteiger partial charge in [-0.2, -0.15) is 0 Å². The van der Waals surface area contributed by atoms with Gasteiger partial charge in [-0.05, 0) is 24.2 Å². The summed E-state index contributed by atoms with van der Waals surface area (Å²) >= 11 is 0. The molecule has 2 aliphatic carbocycles. The summed E-state index contributed by atoms with van der Waals surface area (Å²) in [4.78, 5) is 11.6. The molecule has 64 valence electrons. The van der Waals surface area contributed by atoms with E-state index in [-0.39, 0.29) is 31.1 Å². The summed E-state index contributed by atoms with van der Waals surface area (Å²) in [5.41, 5.74) is 0.307. The third-order valence-electron chi connectivity index (χ3n) is 4.48. The number of hydrogen-bond acceptors (Lipinski definition) is 1. The first-order valence-electron chi connectivity index (χ1n) is 4.52. The molecule has 0 radical (unpaired) electrons. The second-order valence-corrected chi connectivity index (χ2v) is 4.92. The van der Waals surface area contributed by atoms with Crippen LogP contribution in [-0.4, -0.2) is 5.78 Å². The van der Waals surface area contributed by atoms with Crippen LogP contribution in [0.1, 0.15) is 41.5 Å². The van der Waals surface area contributed by atoms with Gasteiger partial charge in [0.15, 0.2) is 0 Å². The van der Waals surface area contributed by atoms with E-state index < -0.39 is 0 Å². The summed E-state index contributed by atoms with van der Waals surface area (Å²) in [6.07, 6.45) is 3.25. The van der Waals surface area contributed by atoms with Crippen molar-refractivity contribution in [3.05, 3.63) is 0 Å². The largest absolute Gasteiger partial charge is 1.00 e. The maximum absolute atomic E-state index is 11.6. The molecule has 2 aliphatic rings. The number of rotatable bonds is 0. The van der Waals surface area contributed by atoms with Crippen LogP contribution < -0.4 is 18.9 Å². The number of hydrogen-bond donors (Lipinski definition) is 0. The van der Waals surface area contributed by atoms with Gasteiger partial charge in [-0.25, -0.2) is 0 Å². The number of carbonyl (C=O) groups is 1. The Morgan fingerprint density at radius 3 is 2.17 bits per heavy atom. The molecule has 2 unspecified atom stereocenters. The van der Waals surface area contributed by atoms with Crippen molar-refractivity contribution in [3.8, 4) is 0 Å². The average Bonchev–Trinajstić information content (AvgIpc) is 2.20. The third kappa shape index (κ3) is 0.902. The first-order chi connectivity index (χ1) is 4.98. The molecule has 2 bridgehead atoms. The summed E-state index contributed by atoms with van der Waals surface area (Å²) < 4.78 is 0. The van der Waals surface area contributed by atoms with E-state index in [4.69, 9.17) is 0 Å². The molecular weight excluding hydrogens is 143 g/mol. The van der Waals surface area contributed by atoms with Crippen molar-refractivity contribution >= 4 is 5.78 Å². The number of Topliss-reactive ketones (excluding diaryl/α,β-unsaturated/α-hetero) is 1. The van der Waals surface area contributed by atoms with E-state index >= 15 is 0 Å². The normalized spacial score (nSPS) is 42.9. The molecule has 2 atom stereocenters. The van der Waals surface area contributed by atoms with Gasteiger partial charge < -0.3 is 1.43 Å². The Kier molecular flexibility index (Phi) is 2.26. The minimum Gasteiger partial charge on any atom is -1.00 e. The Morgan fingerprint density at radius 2 is 2.00 bits per heavy atom. The minimum atomic E-state index is 0. The first-order valence-corrected chi connectivity index (χ1v) is 4.52. The summed E-state index contributed by atoms with van der Waals surface area (Å²) in [6.45, 7) is 6.67. The molecule has 2 saturated carbocycles. The van der Waals surface area contributed by atoms with E-state index in [0.717, 1.165) is 12.8 Å². The summed E-state index contributed by atoms with van der Waals surface area (Å²) in [5, 5.41) is 0. The zero-order chi connectivity index (χ0) is 8.28. The molecule has 0 aromatic heterocycles. The average molecular weight is 160 g/mol. The predicted molar refractivity (Wildman–Crippen MR) is 45.3 cm³/mol. The van der Waals surface area contributed by atoms with Gasteiger partial charge in [0.1, 0.15) is 5.78 Å². The number of ketones is 1. The molecule has 0 aromatic carbocycles. The van der Waals surface area contributed by atoms with Gasteiger partial charge >= 0.3 is 18.9 Å². The third-order valence-corrected chi connectivity index (χ3v) is 4.48. The maximum atomic E-state index is 11.6. The van der Waals surface area contributed by atoms with E-state index in [0.29, 0.717) is 11.7 Å². The van der Waals surface area contributed by atoms with Crippen molar-refractivity contribution in [1.82, 2.24) is 0 Å². The molecule has 1 nitrogen and oxygen atoms in total. The van der Waals surface area contributed by atoms with Crippen LogP contribution in [0.5, 0.6) is 0 Å². The van der Waals surface area contributed by atoms with Crippen LogP contribution in [0.3, 0.4) is 0 Å². The quantitative estimate of drug-likeness (QED) is 0.437. The second-order valence-electron chi connectivity index (χ2n) is 4.92. The molecule has 2 rings (SSSR count). The zero-order valence-electron chi connectivity index (χ0n) is 9.61. The SMILES string of the molecule is CC12CCC(CC1=O)C2(C)C.[H-].[Li+]. The van der Waals surface area contributed by atoms with Crippen molar-refractivity contribution in [2.24, 2.45) is 16.7 Å². The molecule has 12 heavy (non-hydrogen) atoms. The van der Waals surface area contributed by atoms with E-state index in [9.17, 15) is 4.79 Å². The molecule has 0 N–H and O–H groups in total. The van der Waals surface area contributed by atoms with Crippen LogP contribution >= 0.6 is 0 Å². The van der Waals surface area contributed by atoms with Crippen LogP contribution in [0, 0.1) is 16.7 Å². The molecule has 2 heteroatoms. The smallest absolute Gasteiger partial charge is 1.00 e. The van der Waals surface area contributed by atoms with Gasteiger partial charge in [0.25, 0.3) is 0 Å². The second kappa shape index (κ2) is 2.63. The Morgan fingerprint density at radius 1 is 1.42 bits per heavy atom. The fourth-order valence-electron chi connectivity index (χ4n) is 2.90. The molecule has 0 aromatic rings. The van der Waals surface area contributed by atoms with Crippen molar-refractivity contribution in [1.29, 1.82) is 0 Å². The van der Waals surface area contributed by atoms with Crippen LogP contribution in [0.2, 0.25) is 0 Å². The Bertz CT molecular complexity index is 227. The van der Waals surface area contributed by atoms with Gasteiger partial charge in [-0.15, -0.1) is 0 Å². The molecule has 0 aliphatic heterocycles. The van der Waals surface area contributed by atoms with Gasteiger partial charge in [0.2, 0.25) is 0 Å². The zero-order valence-corrected chi connectivity index (χ0v) is 8.61. The van der Waals surface area contributed by atoms with E-state index in [1.807, 2.05) is 0 Å². The minimum absolute atomic E-state index is 0. The molecule has 0 heterocycles. The van der Waals surface area contributed by atoms with Gasteiger partial charge in [0.05, 0.1) is 0 Å². The molecule has 0 saturated heterocycles. The fourth-order valence-corrected chi connectivity index (χ4v) is 2.90. The Labute approximate surface area is 88.0 Å². The van der Waals surface area contributed by atoms with Crippen molar-refractivity contribution < 1.29 is 25.1 Å². The summed E-state index contributed by atoms with van der Waals surface area (Å²) in [5.74, 6) is 1.19. The topological polar surface area (TPSA) is 17.1 Å². The van der Waals surface area contributed by atoms with Gasteiger partial charge in [-0.3, -0.25) is 4.79 Å². The first kappa shape index (κ1) is 10.3. The van der Waals surface area contributed by atoms with Crippen molar-refractivity contribution in [2.75, 3.05) is 0 Å². The summed E-state index contributed by atoms with van der Waals surface area (Å²) in [6, 6.07) is 0. The van der Waals surface area contributed by atoms with E-state index in [1.54, 1.807) is 0 Å². The Balaban J connectivity index is 0.000000720. The number of fused-ring (bicyclic) bond motifs is 2. The van der Waals surface area contributed by atoms with E-state index in [2.05, 4.69) is 20.8 Å². The van der Waals surface area contributed by atoms with Gasteiger partial charge in [0, 0.05) is 11.8 Å². The standard InChI is InChI=1S/C10H16O.Li.H/c1-9(2)7-4-5-10(9,3)8(11)6-7;;/h7H,4-6H2,1-3H3;;/q;+1;-1. The number of carbonyl (C=O) groups excluding carboxylic acids is 1. The van der Waals surface area contributed by atoms with E-state index in [1.165, 1.54) is 6.42 Å². The maximum Gasteiger partial charge on any atom is 1.00 e. The monoisotopic (exact) mass is 160 g/mol. The van der Waals surface area contributed by atoms with Crippen molar-refractivity contribution in [2.45, 2.75) is 40.0 Å². The van der Waals surface area contributed by atoms with Crippen LogP contribution in [0.25, 0.3) is 0 Å². The molecule has 0 amide bonds. The van der Waals surface area contributed by atoms with Gasteiger partial charge in [-0.1, -0.05) is 20.8 Å². The summed E-state index contributed by atoms with van der Waals surface area (Å²) in [7, 11) is 0.